The van der Waals surface area contributed by atoms with Crippen LogP contribution in [-0.2, 0) is 0 Å². The minimum atomic E-state index is -4.30. The van der Waals surface area contributed by atoms with Crippen molar-refractivity contribution in [1.82, 2.24) is 9.97 Å². The Labute approximate surface area is 154 Å². The van der Waals surface area contributed by atoms with Crippen molar-refractivity contribution in [1.29, 1.82) is 0 Å². The molecule has 0 amide bonds. The molecule has 2 heterocycles. The molecular weight excluding hydrogens is 353 g/mol. The maximum Gasteiger partial charge on any atom is 0.408 e. The van der Waals surface area contributed by atoms with Gasteiger partial charge in [0.25, 0.3) is 0 Å². The molecule has 0 radical (unpaired) electrons. The maximum atomic E-state index is 13.3. The number of fused-ring (bicyclic) bond motifs is 1. The van der Waals surface area contributed by atoms with Gasteiger partial charge in [-0.2, -0.15) is 13.2 Å². The van der Waals surface area contributed by atoms with Crippen LogP contribution in [0.25, 0.3) is 21.9 Å². The van der Waals surface area contributed by atoms with Crippen LogP contribution in [0.3, 0.4) is 0 Å². The van der Waals surface area contributed by atoms with Crippen LogP contribution in [0.1, 0.15) is 18.4 Å². The van der Waals surface area contributed by atoms with Gasteiger partial charge in [0.1, 0.15) is 11.9 Å². The molecule has 1 fully saturated rings. The van der Waals surface area contributed by atoms with Crippen LogP contribution < -0.4 is 11.1 Å². The number of hydrogen-bond acceptors (Lipinski definition) is 4. The first-order chi connectivity index (χ1) is 12.8. The van der Waals surface area contributed by atoms with Gasteiger partial charge in [-0.15, -0.1) is 0 Å². The number of anilines is 2. The summed E-state index contributed by atoms with van der Waals surface area (Å²) in [5.74, 6) is -0.173. The molecule has 27 heavy (non-hydrogen) atoms. The summed E-state index contributed by atoms with van der Waals surface area (Å²) in [5.41, 5.74) is 9.54. The van der Waals surface area contributed by atoms with E-state index in [1.165, 1.54) is 6.20 Å². The van der Waals surface area contributed by atoms with Crippen LogP contribution in [0.2, 0.25) is 0 Å². The molecule has 3 N–H and O–H groups in total. The zero-order chi connectivity index (χ0) is 19.2. The molecule has 0 saturated heterocycles. The molecule has 1 aliphatic rings. The summed E-state index contributed by atoms with van der Waals surface area (Å²) in [6, 6.07) is 5.70. The molecule has 1 atom stereocenters. The van der Waals surface area contributed by atoms with Gasteiger partial charge in [-0.1, -0.05) is 0 Å². The number of aromatic nitrogens is 2. The van der Waals surface area contributed by atoms with E-state index >= 15 is 0 Å². The molecule has 7 heteroatoms. The van der Waals surface area contributed by atoms with Crippen LogP contribution in [-0.4, -0.2) is 22.2 Å². The average molecular weight is 372 g/mol. The molecule has 0 unspecified atom stereocenters. The number of nitrogens with zero attached hydrogens (tertiary/aromatic N) is 2. The highest BCUT2D eigenvalue weighted by Crippen LogP contribution is 2.42. The van der Waals surface area contributed by atoms with Crippen molar-refractivity contribution in [2.24, 2.45) is 5.92 Å². The van der Waals surface area contributed by atoms with Gasteiger partial charge in [-0.25, -0.2) is 4.98 Å². The van der Waals surface area contributed by atoms with Crippen LogP contribution in [0.5, 0.6) is 0 Å². The number of nitrogens with one attached hydrogen (secondary N) is 1. The zero-order valence-electron chi connectivity index (χ0n) is 14.7. The van der Waals surface area contributed by atoms with Crippen molar-refractivity contribution in [2.75, 3.05) is 11.1 Å². The fourth-order valence-electron chi connectivity index (χ4n) is 3.34. The van der Waals surface area contributed by atoms with E-state index in [0.29, 0.717) is 23.9 Å². The number of halogens is 3. The summed E-state index contributed by atoms with van der Waals surface area (Å²) >= 11 is 0. The van der Waals surface area contributed by atoms with Crippen molar-refractivity contribution >= 4 is 22.3 Å². The number of benzene rings is 1. The summed E-state index contributed by atoms with van der Waals surface area (Å²) in [5, 5.41) is 4.02. The normalized spacial score (nSPS) is 15.7. The van der Waals surface area contributed by atoms with Gasteiger partial charge < -0.3 is 11.1 Å². The molecule has 3 aromatic rings. The third kappa shape index (κ3) is 3.54. The second-order valence-corrected chi connectivity index (χ2v) is 7.05. The van der Waals surface area contributed by atoms with E-state index in [-0.39, 0.29) is 11.7 Å². The smallest absolute Gasteiger partial charge is 0.398 e. The lowest BCUT2D eigenvalue weighted by Gasteiger charge is -2.22. The topological polar surface area (TPSA) is 63.8 Å². The summed E-state index contributed by atoms with van der Waals surface area (Å²) in [6.07, 6.45) is 1.86. The van der Waals surface area contributed by atoms with E-state index in [1.54, 1.807) is 18.5 Å². The van der Waals surface area contributed by atoms with Crippen molar-refractivity contribution in [3.63, 3.8) is 0 Å². The number of alkyl halides is 3. The quantitative estimate of drug-likeness (QED) is 0.637. The predicted octanol–water partition coefficient (Wildman–Crippen LogP) is 4.94. The molecule has 1 aromatic carbocycles. The van der Waals surface area contributed by atoms with E-state index in [2.05, 4.69) is 15.3 Å². The Bertz CT molecular complexity index is 996. The van der Waals surface area contributed by atoms with Crippen molar-refractivity contribution < 1.29 is 13.2 Å². The first-order valence-corrected chi connectivity index (χ1v) is 8.76. The first kappa shape index (κ1) is 17.6. The molecule has 2 aromatic heterocycles. The predicted molar refractivity (Wildman–Crippen MR) is 100 cm³/mol. The van der Waals surface area contributed by atoms with Crippen LogP contribution in [0, 0.1) is 12.8 Å². The molecule has 1 saturated carbocycles. The summed E-state index contributed by atoms with van der Waals surface area (Å²) < 4.78 is 39.9. The SMILES string of the molecule is Cc1ccncc1-c1cc(N)c2cnc(N[C@@H](C3CC3)C(F)(F)F)cc2c1. The van der Waals surface area contributed by atoms with Gasteiger partial charge >= 0.3 is 6.18 Å². The molecule has 0 bridgehead atoms. The Kier molecular flexibility index (Phi) is 4.17. The zero-order valence-corrected chi connectivity index (χ0v) is 14.7. The highest BCUT2D eigenvalue weighted by Gasteiger charge is 2.49. The number of nitrogens with two attached hydrogens (primary N) is 1. The van der Waals surface area contributed by atoms with Gasteiger partial charge in [0.05, 0.1) is 0 Å². The van der Waals surface area contributed by atoms with Crippen molar-refractivity contribution in [3.05, 3.63) is 48.4 Å². The lowest BCUT2D eigenvalue weighted by Crippen LogP contribution is -2.38. The minimum Gasteiger partial charge on any atom is -0.398 e. The highest BCUT2D eigenvalue weighted by atomic mass is 19.4. The molecule has 4 rings (SSSR count). The standard InChI is InChI=1S/C20H19F3N4/c1-11-4-5-25-9-15(11)13-6-14-8-18(26-10-16(14)17(24)7-13)27-19(12-2-3-12)20(21,22)23/h4-10,12,19H,2-3,24H2,1H3,(H,26,27)/t19-/m0/s1. The van der Waals surface area contributed by atoms with E-state index in [4.69, 9.17) is 5.73 Å². The molecule has 1 aliphatic carbocycles. The van der Waals surface area contributed by atoms with Gasteiger partial charge in [0, 0.05) is 35.2 Å². The van der Waals surface area contributed by atoms with Crippen molar-refractivity contribution in [2.45, 2.75) is 32.0 Å². The van der Waals surface area contributed by atoms with E-state index in [1.807, 2.05) is 25.1 Å². The third-order valence-corrected chi connectivity index (χ3v) is 4.97. The number of hydrogen-bond donors (Lipinski definition) is 2. The Balaban J connectivity index is 1.74. The van der Waals surface area contributed by atoms with Gasteiger partial charge in [-0.3, -0.25) is 4.98 Å². The monoisotopic (exact) mass is 372 g/mol. The van der Waals surface area contributed by atoms with E-state index in [0.717, 1.165) is 22.1 Å². The number of aryl methyl sites for hydroxylation is 1. The number of rotatable bonds is 4. The molecule has 0 spiro atoms. The van der Waals surface area contributed by atoms with Gasteiger partial charge in [0.2, 0.25) is 0 Å². The number of nitrogen functional groups attached to an aromatic ring is 1. The molecule has 0 aliphatic heterocycles. The van der Waals surface area contributed by atoms with Crippen molar-refractivity contribution in [3.8, 4) is 11.1 Å². The summed E-state index contributed by atoms with van der Waals surface area (Å²) in [7, 11) is 0. The Morgan fingerprint density at radius 1 is 1.19 bits per heavy atom. The van der Waals surface area contributed by atoms with E-state index in [9.17, 15) is 13.2 Å². The van der Waals surface area contributed by atoms with Crippen LogP contribution in [0.15, 0.2) is 42.9 Å². The largest absolute Gasteiger partial charge is 0.408 e. The molecule has 4 nitrogen and oxygen atoms in total. The highest BCUT2D eigenvalue weighted by molar-refractivity contribution is 5.97. The summed E-state index contributed by atoms with van der Waals surface area (Å²) in [6.45, 7) is 1.97. The average Bonchev–Trinajstić information content (AvgIpc) is 3.43. The Morgan fingerprint density at radius 2 is 1.96 bits per heavy atom. The maximum absolute atomic E-state index is 13.3. The summed E-state index contributed by atoms with van der Waals surface area (Å²) in [4.78, 5) is 8.30. The second-order valence-electron chi connectivity index (χ2n) is 7.05. The first-order valence-electron chi connectivity index (χ1n) is 8.76. The Hall–Kier alpha value is -2.83. The number of pyridine rings is 2. The second kappa shape index (κ2) is 6.40. The lowest BCUT2D eigenvalue weighted by atomic mass is 9.99. The van der Waals surface area contributed by atoms with E-state index < -0.39 is 12.2 Å². The Morgan fingerprint density at radius 3 is 2.63 bits per heavy atom. The van der Waals surface area contributed by atoms with Crippen LogP contribution >= 0.6 is 0 Å². The lowest BCUT2D eigenvalue weighted by molar-refractivity contribution is -0.146. The van der Waals surface area contributed by atoms with Gasteiger partial charge in [-0.05, 0) is 66.5 Å². The molecule has 140 valence electrons. The van der Waals surface area contributed by atoms with Crippen LogP contribution in [0.4, 0.5) is 24.7 Å². The molecular formula is C20H19F3N4. The van der Waals surface area contributed by atoms with Gasteiger partial charge in [0.15, 0.2) is 0 Å². The fourth-order valence-corrected chi connectivity index (χ4v) is 3.34. The minimum absolute atomic E-state index is 0.205. The third-order valence-electron chi connectivity index (χ3n) is 4.97. The fraction of sp³-hybridized carbons (Fsp3) is 0.300.